The molecule has 2 aliphatic heterocycles. The number of ether oxygens (including phenoxy) is 5. The smallest absolute Gasteiger partial charge is 0.320 e. The molecule has 9 heteroatoms. The number of halogens is 1. The molecule has 39 heavy (non-hydrogen) atoms. The summed E-state index contributed by atoms with van der Waals surface area (Å²) >= 11 is 0. The lowest BCUT2D eigenvalue weighted by Gasteiger charge is -2.51. The van der Waals surface area contributed by atoms with Crippen molar-refractivity contribution >= 4 is 12.2 Å². The van der Waals surface area contributed by atoms with Crippen LogP contribution in [-0.4, -0.2) is 73.7 Å². The van der Waals surface area contributed by atoms with Crippen LogP contribution in [0.25, 0.3) is 0 Å². The highest BCUT2D eigenvalue weighted by atomic mass is 19.2. The van der Waals surface area contributed by atoms with Crippen molar-refractivity contribution in [3.8, 4) is 0 Å². The minimum absolute atomic E-state index is 0.00974. The monoisotopic (exact) mass is 561 g/mol. The molecule has 0 radical (unpaired) electrons. The maximum Gasteiger partial charge on any atom is 0.320 e. The topological polar surface area (TPSA) is 83.5 Å². The molecule has 2 rings (SSSR count). The Morgan fingerprint density at radius 1 is 0.974 bits per heavy atom. The minimum atomic E-state index is -2.06. The summed E-state index contributed by atoms with van der Waals surface area (Å²) in [7, 11) is 1.80. The van der Waals surface area contributed by atoms with Crippen LogP contribution in [-0.2, 0) is 33.3 Å². The van der Waals surface area contributed by atoms with E-state index in [0.717, 1.165) is 6.29 Å². The molecule has 1 atom stereocenters. The Morgan fingerprint density at radius 3 is 1.87 bits per heavy atom. The van der Waals surface area contributed by atoms with Crippen LogP contribution in [0, 0.1) is 16.7 Å². The zero-order chi connectivity index (χ0) is 30.3. The Kier molecular flexibility index (Phi) is 12.6. The predicted octanol–water partition coefficient (Wildman–Crippen LogP) is 6.25. The molecule has 230 valence electrons. The molecule has 2 saturated heterocycles. The van der Waals surface area contributed by atoms with Crippen LogP contribution >= 0.6 is 0 Å². The normalized spacial score (nSPS) is 29.4. The van der Waals surface area contributed by atoms with Crippen LogP contribution in [0.3, 0.4) is 0 Å². The lowest BCUT2D eigenvalue weighted by atomic mass is 9.73. The molecular formula is C30H56FNO7. The molecule has 0 aromatic rings. The van der Waals surface area contributed by atoms with E-state index in [2.05, 4.69) is 0 Å². The first-order chi connectivity index (χ1) is 17.9. The van der Waals surface area contributed by atoms with Crippen LogP contribution in [0.5, 0.6) is 0 Å². The van der Waals surface area contributed by atoms with Crippen molar-refractivity contribution in [1.29, 1.82) is 0 Å². The Balaban J connectivity index is 0.00000371. The average Bonchev–Trinajstić information content (AvgIpc) is 2.87. The van der Waals surface area contributed by atoms with Gasteiger partial charge in [-0.15, -0.1) is 0 Å². The second-order valence-electron chi connectivity index (χ2n) is 12.9. The Hall–Kier alpha value is -1.13. The zero-order valence-electron chi connectivity index (χ0n) is 26.7. The first-order valence-electron chi connectivity index (χ1n) is 14.6. The van der Waals surface area contributed by atoms with Crippen molar-refractivity contribution in [2.45, 2.75) is 131 Å². The number of aldehydes is 1. The van der Waals surface area contributed by atoms with Crippen LogP contribution in [0.1, 0.15) is 108 Å². The largest absolute Gasteiger partial charge is 0.341 e. The molecule has 2 fully saturated rings. The first kappa shape index (κ1) is 35.9. The number of carbonyl (C=O) groups excluding carboxylic acids is 2. The zero-order valence-corrected chi connectivity index (χ0v) is 26.7. The van der Waals surface area contributed by atoms with E-state index in [1.54, 1.807) is 18.9 Å². The van der Waals surface area contributed by atoms with Crippen molar-refractivity contribution in [2.24, 2.45) is 16.7 Å². The molecule has 8 nitrogen and oxygen atoms in total. The van der Waals surface area contributed by atoms with Crippen molar-refractivity contribution in [3.05, 3.63) is 0 Å². The maximum atomic E-state index is 14.3. The molecule has 0 N–H and O–H groups in total. The molecular weight excluding hydrogens is 505 g/mol. The third kappa shape index (κ3) is 9.18. The lowest BCUT2D eigenvalue weighted by Crippen LogP contribution is -2.60. The summed E-state index contributed by atoms with van der Waals surface area (Å²) in [5.41, 5.74) is -2.24. The second kappa shape index (κ2) is 13.7. The molecule has 2 aliphatic rings. The first-order valence-corrected chi connectivity index (χ1v) is 14.6. The highest BCUT2D eigenvalue weighted by Gasteiger charge is 2.52. The van der Waals surface area contributed by atoms with Gasteiger partial charge in [0.15, 0.2) is 0 Å². The molecule has 1 spiro atoms. The quantitative estimate of drug-likeness (QED) is 0.260. The highest BCUT2D eigenvalue weighted by Crippen LogP contribution is 2.42. The van der Waals surface area contributed by atoms with Crippen molar-refractivity contribution in [3.63, 3.8) is 0 Å². The van der Waals surface area contributed by atoms with Gasteiger partial charge in [-0.1, -0.05) is 48.5 Å². The fourth-order valence-corrected chi connectivity index (χ4v) is 5.04. The molecule has 0 bridgehead atoms. The van der Waals surface area contributed by atoms with Crippen molar-refractivity contribution in [2.75, 3.05) is 33.5 Å². The van der Waals surface area contributed by atoms with Gasteiger partial charge in [-0.05, 0) is 45.4 Å². The average molecular weight is 562 g/mol. The predicted molar refractivity (Wildman–Crippen MR) is 150 cm³/mol. The summed E-state index contributed by atoms with van der Waals surface area (Å²) in [6, 6.07) is -2.06. The van der Waals surface area contributed by atoms with Gasteiger partial charge in [-0.25, -0.2) is 0 Å². The standard InChI is InChI=1S/C28H50FNO7.C2H6/c1-11-27(29)33-17-26(18-34-27)19-35-28(12-2,36-20-26)37-24(7,8)16-23(5,6)30(10)22(32)15-25(9,13-14-31)21(3)4;1-2/h14,21H,11-13,15-20H2,1-10H3;1-2H3. The van der Waals surface area contributed by atoms with Gasteiger partial charge in [-0.2, -0.15) is 4.39 Å². The molecule has 0 aromatic carbocycles. The molecule has 0 aromatic heterocycles. The minimum Gasteiger partial charge on any atom is -0.341 e. The maximum absolute atomic E-state index is 14.3. The Morgan fingerprint density at radius 2 is 1.46 bits per heavy atom. The van der Waals surface area contributed by atoms with Gasteiger partial charge in [0, 0.05) is 38.3 Å². The molecule has 2 heterocycles. The summed E-state index contributed by atoms with van der Waals surface area (Å²) < 4.78 is 43.8. The number of alkyl halides is 1. The third-order valence-corrected chi connectivity index (χ3v) is 8.31. The Bertz CT molecular complexity index is 782. The van der Waals surface area contributed by atoms with Gasteiger partial charge >= 0.3 is 6.04 Å². The third-order valence-electron chi connectivity index (χ3n) is 8.31. The van der Waals surface area contributed by atoms with E-state index in [1.165, 1.54) is 0 Å². The summed E-state index contributed by atoms with van der Waals surface area (Å²) in [5.74, 6) is -1.08. The van der Waals surface area contributed by atoms with Crippen molar-refractivity contribution < 1.29 is 37.7 Å². The number of amides is 1. The fraction of sp³-hybridized carbons (Fsp3) is 0.933. The van der Waals surface area contributed by atoms with Crippen molar-refractivity contribution in [1.82, 2.24) is 4.90 Å². The van der Waals surface area contributed by atoms with E-state index in [-0.39, 0.29) is 44.7 Å². The number of nitrogens with zero attached hydrogens (tertiary/aromatic N) is 1. The van der Waals surface area contributed by atoms with E-state index >= 15 is 0 Å². The second-order valence-corrected chi connectivity index (χ2v) is 12.9. The highest BCUT2D eigenvalue weighted by molar-refractivity contribution is 5.78. The van der Waals surface area contributed by atoms with E-state index in [4.69, 9.17) is 23.7 Å². The van der Waals surface area contributed by atoms with E-state index in [1.807, 2.05) is 69.2 Å². The van der Waals surface area contributed by atoms with Crippen LogP contribution in [0.15, 0.2) is 0 Å². The number of rotatable bonds is 12. The van der Waals surface area contributed by atoms with E-state index in [9.17, 15) is 14.0 Å². The van der Waals surface area contributed by atoms with Gasteiger partial charge in [0.1, 0.15) is 6.29 Å². The molecule has 0 saturated carbocycles. The van der Waals surface area contributed by atoms with Crippen LogP contribution in [0.2, 0.25) is 0 Å². The van der Waals surface area contributed by atoms with Gasteiger partial charge < -0.3 is 33.4 Å². The number of hydrogen-bond acceptors (Lipinski definition) is 7. The molecule has 1 amide bonds. The molecule has 1 unspecified atom stereocenters. The van der Waals surface area contributed by atoms with Crippen LogP contribution in [0.4, 0.5) is 4.39 Å². The number of hydrogen-bond donors (Lipinski definition) is 0. The van der Waals surface area contributed by atoms with Gasteiger partial charge in [0.25, 0.3) is 5.97 Å². The summed E-state index contributed by atoms with van der Waals surface area (Å²) in [5, 5.41) is 0. The van der Waals surface area contributed by atoms with E-state index in [0.29, 0.717) is 25.7 Å². The van der Waals surface area contributed by atoms with Gasteiger partial charge in [0.2, 0.25) is 5.91 Å². The number of carbonyl (C=O) groups is 2. The lowest BCUT2D eigenvalue weighted by molar-refractivity contribution is -0.464. The van der Waals surface area contributed by atoms with E-state index < -0.39 is 34.0 Å². The fourth-order valence-electron chi connectivity index (χ4n) is 5.04. The SMILES string of the molecule is CC.CCC1(F)OCC2(CO1)COC(CC)(OC(C)(C)CC(C)(C)N(C)C(=O)CC(C)(CC=O)C(C)C)OC2. The van der Waals surface area contributed by atoms with Gasteiger partial charge in [-0.3, -0.25) is 4.79 Å². The van der Waals surface area contributed by atoms with Gasteiger partial charge in [0.05, 0.1) is 37.4 Å². The molecule has 0 aliphatic carbocycles. The summed E-state index contributed by atoms with van der Waals surface area (Å²) in [6.45, 7) is 22.4. The van der Waals surface area contributed by atoms with Crippen LogP contribution < -0.4 is 0 Å². The Labute approximate surface area is 236 Å². The summed E-state index contributed by atoms with van der Waals surface area (Å²) in [4.78, 5) is 26.3. The summed E-state index contributed by atoms with van der Waals surface area (Å²) in [6.07, 6.45) is 2.61.